The van der Waals surface area contributed by atoms with Crippen LogP contribution in [0.5, 0.6) is 0 Å². The molecule has 1 aromatic heterocycles. The molecule has 0 bridgehead atoms. The number of aryl methyl sites for hydroxylation is 1. The third-order valence-corrected chi connectivity index (χ3v) is 2.61. The average Bonchev–Trinajstić information content (AvgIpc) is 2.34. The quantitative estimate of drug-likeness (QED) is 0.848. The Kier molecular flexibility index (Phi) is 3.63. The highest BCUT2D eigenvalue weighted by Crippen LogP contribution is 2.17. The molecule has 1 aliphatic heterocycles. The predicted molar refractivity (Wildman–Crippen MR) is 65.3 cm³/mol. The number of rotatable bonds is 2. The fourth-order valence-corrected chi connectivity index (χ4v) is 1.73. The molecule has 0 aromatic carbocycles. The Morgan fingerprint density at radius 3 is 2.94 bits per heavy atom. The van der Waals surface area contributed by atoms with Gasteiger partial charge in [-0.3, -0.25) is 4.79 Å². The largest absolute Gasteiger partial charge is 0.494 e. The molecule has 1 amide bonds. The first-order chi connectivity index (χ1) is 8.16. The lowest BCUT2D eigenvalue weighted by molar-refractivity contribution is -0.117. The number of ether oxygens (including phenoxy) is 2. The first kappa shape index (κ1) is 11.9. The fraction of sp³-hybridized carbons (Fsp3) is 0.273. The van der Waals surface area contributed by atoms with Crippen LogP contribution in [0.3, 0.4) is 0 Å². The molecule has 0 spiro atoms. The molecule has 1 aliphatic rings. The third-order valence-electron chi connectivity index (χ3n) is 2.17. The summed E-state index contributed by atoms with van der Waals surface area (Å²) >= 11 is 3.26. The van der Waals surface area contributed by atoms with E-state index in [4.69, 9.17) is 9.47 Å². The van der Waals surface area contributed by atoms with Crippen molar-refractivity contribution < 1.29 is 14.3 Å². The van der Waals surface area contributed by atoms with Crippen molar-refractivity contribution in [3.63, 3.8) is 0 Å². The van der Waals surface area contributed by atoms with Crippen LogP contribution in [0.15, 0.2) is 28.8 Å². The monoisotopic (exact) mass is 298 g/mol. The minimum atomic E-state index is -0.336. The minimum absolute atomic E-state index is 0.179. The lowest BCUT2D eigenvalue weighted by atomic mass is 10.3. The van der Waals surface area contributed by atoms with Crippen molar-refractivity contribution in [2.24, 2.45) is 0 Å². The first-order valence-corrected chi connectivity index (χ1v) is 5.85. The second-order valence-corrected chi connectivity index (χ2v) is 4.23. The van der Waals surface area contributed by atoms with E-state index in [1.54, 1.807) is 12.1 Å². The van der Waals surface area contributed by atoms with Crippen LogP contribution in [0, 0.1) is 6.92 Å². The number of aromatic nitrogens is 1. The van der Waals surface area contributed by atoms with Crippen LogP contribution >= 0.6 is 15.9 Å². The first-order valence-electron chi connectivity index (χ1n) is 5.06. The zero-order chi connectivity index (χ0) is 12.3. The summed E-state index contributed by atoms with van der Waals surface area (Å²) in [6.07, 6.45) is 1.32. The van der Waals surface area contributed by atoms with Gasteiger partial charge in [-0.1, -0.05) is 0 Å². The number of carbonyl (C=O) groups is 1. The smallest absolute Gasteiger partial charge is 0.294 e. The molecule has 90 valence electrons. The maximum atomic E-state index is 11.8. The molecule has 17 heavy (non-hydrogen) atoms. The van der Waals surface area contributed by atoms with Gasteiger partial charge in [0.05, 0.1) is 11.4 Å². The molecule has 0 fully saturated rings. The van der Waals surface area contributed by atoms with Crippen LogP contribution in [0.1, 0.15) is 5.69 Å². The van der Waals surface area contributed by atoms with E-state index in [0.29, 0.717) is 18.9 Å². The van der Waals surface area contributed by atoms with E-state index in [1.165, 1.54) is 6.26 Å². The van der Waals surface area contributed by atoms with Gasteiger partial charge < -0.3 is 14.8 Å². The molecule has 0 saturated heterocycles. The lowest BCUT2D eigenvalue weighted by Crippen LogP contribution is -2.21. The van der Waals surface area contributed by atoms with Crippen molar-refractivity contribution in [1.82, 2.24) is 4.98 Å². The Labute approximate surface area is 107 Å². The molecule has 0 radical (unpaired) electrons. The summed E-state index contributed by atoms with van der Waals surface area (Å²) in [6.45, 7) is 2.67. The van der Waals surface area contributed by atoms with E-state index >= 15 is 0 Å². The minimum Gasteiger partial charge on any atom is -0.494 e. The summed E-state index contributed by atoms with van der Waals surface area (Å²) in [5, 5.41) is 2.71. The highest BCUT2D eigenvalue weighted by molar-refractivity contribution is 9.10. The summed E-state index contributed by atoms with van der Waals surface area (Å²) in [4.78, 5) is 16.0. The van der Waals surface area contributed by atoms with Crippen molar-refractivity contribution in [2.45, 2.75) is 6.92 Å². The van der Waals surface area contributed by atoms with Crippen molar-refractivity contribution in [3.05, 3.63) is 34.5 Å². The number of carbonyl (C=O) groups excluding carboxylic acids is 1. The van der Waals surface area contributed by atoms with Gasteiger partial charge in [0.15, 0.2) is 0 Å². The maximum Gasteiger partial charge on any atom is 0.294 e. The molecule has 0 aliphatic carbocycles. The zero-order valence-corrected chi connectivity index (χ0v) is 10.8. The van der Waals surface area contributed by atoms with E-state index in [0.717, 1.165) is 10.3 Å². The molecule has 0 saturated carbocycles. The van der Waals surface area contributed by atoms with Crippen LogP contribution < -0.4 is 5.32 Å². The van der Waals surface area contributed by atoms with Crippen molar-refractivity contribution in [1.29, 1.82) is 0 Å². The van der Waals surface area contributed by atoms with Gasteiger partial charge >= 0.3 is 0 Å². The molecule has 1 N–H and O–H groups in total. The molecule has 0 unspecified atom stereocenters. The van der Waals surface area contributed by atoms with Crippen LogP contribution in [-0.2, 0) is 14.3 Å². The highest BCUT2D eigenvalue weighted by atomic mass is 79.9. The van der Waals surface area contributed by atoms with E-state index in [-0.39, 0.29) is 11.7 Å². The van der Waals surface area contributed by atoms with Gasteiger partial charge in [0.25, 0.3) is 5.91 Å². The van der Waals surface area contributed by atoms with Gasteiger partial charge in [-0.05, 0) is 35.0 Å². The Balaban J connectivity index is 2.10. The maximum absolute atomic E-state index is 11.8. The molecule has 6 heteroatoms. The number of halogens is 1. The van der Waals surface area contributed by atoms with Crippen LogP contribution in [0.4, 0.5) is 5.69 Å². The zero-order valence-electron chi connectivity index (χ0n) is 9.20. The van der Waals surface area contributed by atoms with Gasteiger partial charge in [-0.2, -0.15) is 0 Å². The van der Waals surface area contributed by atoms with Crippen LogP contribution in [0.25, 0.3) is 0 Å². The normalized spacial score (nSPS) is 14.4. The van der Waals surface area contributed by atoms with Gasteiger partial charge in [-0.15, -0.1) is 0 Å². The number of nitrogens with zero attached hydrogens (tertiary/aromatic N) is 1. The van der Waals surface area contributed by atoms with Crippen molar-refractivity contribution >= 4 is 27.5 Å². The second-order valence-electron chi connectivity index (χ2n) is 3.42. The Morgan fingerprint density at radius 1 is 1.47 bits per heavy atom. The van der Waals surface area contributed by atoms with E-state index in [9.17, 15) is 4.79 Å². The van der Waals surface area contributed by atoms with E-state index in [1.807, 2.05) is 6.92 Å². The van der Waals surface area contributed by atoms with Gasteiger partial charge in [-0.25, -0.2) is 4.98 Å². The second kappa shape index (κ2) is 5.18. The fourth-order valence-electron chi connectivity index (χ4n) is 1.33. The third kappa shape index (κ3) is 2.97. The lowest BCUT2D eigenvalue weighted by Gasteiger charge is -2.15. The predicted octanol–water partition coefficient (Wildman–Crippen LogP) is 1.98. The topological polar surface area (TPSA) is 60.5 Å². The molecule has 0 atom stereocenters. The average molecular weight is 299 g/mol. The van der Waals surface area contributed by atoms with E-state index < -0.39 is 0 Å². The number of nitrogens with one attached hydrogen (secondary N) is 1. The van der Waals surface area contributed by atoms with Gasteiger partial charge in [0.1, 0.15) is 24.1 Å². The molecule has 1 aromatic rings. The summed E-state index contributed by atoms with van der Waals surface area (Å²) in [5.74, 6) is -0.157. The molecular weight excluding hydrogens is 288 g/mol. The highest BCUT2D eigenvalue weighted by Gasteiger charge is 2.16. The molecule has 5 nitrogen and oxygen atoms in total. The number of pyridine rings is 1. The molecule has 2 rings (SSSR count). The number of amides is 1. The Hall–Kier alpha value is -1.56. The Bertz CT molecular complexity index is 474. The summed E-state index contributed by atoms with van der Waals surface area (Å²) in [5.41, 5.74) is 1.37. The van der Waals surface area contributed by atoms with Crippen molar-refractivity contribution in [3.8, 4) is 0 Å². The number of hydrogen-bond donors (Lipinski definition) is 1. The molecular formula is C11H11BrN2O3. The Morgan fingerprint density at radius 2 is 2.29 bits per heavy atom. The summed E-state index contributed by atoms with van der Waals surface area (Å²) in [6, 6.07) is 3.53. The van der Waals surface area contributed by atoms with Gasteiger partial charge in [0.2, 0.25) is 5.76 Å². The van der Waals surface area contributed by atoms with E-state index in [2.05, 4.69) is 26.2 Å². The van der Waals surface area contributed by atoms with Crippen LogP contribution in [-0.4, -0.2) is 24.1 Å². The van der Waals surface area contributed by atoms with Crippen LogP contribution in [0.2, 0.25) is 0 Å². The molecule has 2 heterocycles. The van der Waals surface area contributed by atoms with Gasteiger partial charge in [0, 0.05) is 0 Å². The SMILES string of the molecule is Cc1nc(Br)ccc1NC(=O)C1=COCCO1. The number of anilines is 1. The summed E-state index contributed by atoms with van der Waals surface area (Å²) < 4.78 is 10.9. The van der Waals surface area contributed by atoms with Crippen molar-refractivity contribution in [2.75, 3.05) is 18.5 Å². The number of hydrogen-bond acceptors (Lipinski definition) is 4. The summed E-state index contributed by atoms with van der Waals surface area (Å²) in [7, 11) is 0. The standard InChI is InChI=1S/C11H11BrN2O3/c1-7-8(2-3-10(12)13-7)14-11(15)9-6-16-4-5-17-9/h2-3,6H,4-5H2,1H3,(H,14,15).